The van der Waals surface area contributed by atoms with E-state index in [1.807, 2.05) is 6.92 Å². The fourth-order valence-electron chi connectivity index (χ4n) is 2.03. The molecule has 0 saturated carbocycles. The van der Waals surface area contributed by atoms with Crippen LogP contribution >= 0.6 is 11.8 Å². The average molecular weight is 298 g/mol. The van der Waals surface area contributed by atoms with Crippen LogP contribution in [0.3, 0.4) is 0 Å². The van der Waals surface area contributed by atoms with Crippen LogP contribution in [0, 0.1) is 0 Å². The second kappa shape index (κ2) is 5.08. The zero-order valence-electron chi connectivity index (χ0n) is 11.9. The van der Waals surface area contributed by atoms with Crippen molar-refractivity contribution in [2.24, 2.45) is 15.8 Å². The highest BCUT2D eigenvalue weighted by atomic mass is 32.2. The third kappa shape index (κ3) is 3.12. The van der Waals surface area contributed by atoms with Gasteiger partial charge in [0.15, 0.2) is 5.71 Å². The van der Waals surface area contributed by atoms with Crippen molar-refractivity contribution >= 4 is 34.4 Å². The second-order valence-corrected chi connectivity index (χ2v) is 6.94. The number of carbonyl (C=O) groups is 2. The number of hydrazone groups is 1. The predicted octanol–water partition coefficient (Wildman–Crippen LogP) is 0.345. The van der Waals surface area contributed by atoms with Gasteiger partial charge >= 0.3 is 5.97 Å². The summed E-state index contributed by atoms with van der Waals surface area (Å²) in [6.07, 6.45) is 0. The first-order valence-corrected chi connectivity index (χ1v) is 7.13. The van der Waals surface area contributed by atoms with E-state index in [1.54, 1.807) is 20.8 Å². The van der Waals surface area contributed by atoms with Gasteiger partial charge in [0.05, 0.1) is 5.04 Å². The number of nitrogens with two attached hydrogens (primary N) is 1. The molecule has 2 N–H and O–H groups in total. The highest BCUT2D eigenvalue weighted by Gasteiger charge is 2.44. The molecule has 2 aliphatic rings. The molecule has 2 heterocycles. The molecule has 20 heavy (non-hydrogen) atoms. The summed E-state index contributed by atoms with van der Waals surface area (Å²) in [6, 6.07) is -0.389. The van der Waals surface area contributed by atoms with Gasteiger partial charge in [-0.15, -0.1) is 0 Å². The lowest BCUT2D eigenvalue weighted by molar-refractivity contribution is -0.156. The molecule has 0 aromatic heterocycles. The van der Waals surface area contributed by atoms with E-state index in [0.717, 1.165) is 5.04 Å². The number of fused-ring (bicyclic) bond motifs is 1. The Morgan fingerprint density at radius 3 is 2.65 bits per heavy atom. The number of nitrogens with zero attached hydrogens (tertiary/aromatic N) is 3. The molecule has 7 nitrogen and oxygen atoms in total. The van der Waals surface area contributed by atoms with E-state index < -0.39 is 17.5 Å². The quantitative estimate of drug-likeness (QED) is 0.758. The summed E-state index contributed by atoms with van der Waals surface area (Å²) in [4.78, 5) is 27.6. The molecule has 0 aliphatic carbocycles. The molecule has 8 heteroatoms. The van der Waals surface area contributed by atoms with Crippen LogP contribution in [0.2, 0.25) is 0 Å². The van der Waals surface area contributed by atoms with E-state index in [1.165, 1.54) is 16.8 Å². The lowest BCUT2D eigenvalue weighted by Crippen LogP contribution is -2.38. The Hall–Kier alpha value is -1.57. The lowest BCUT2D eigenvalue weighted by atomic mass is 10.2. The van der Waals surface area contributed by atoms with E-state index >= 15 is 0 Å². The number of hydrogen-bond donors (Lipinski definition) is 1. The molecule has 1 amide bonds. The van der Waals surface area contributed by atoms with Gasteiger partial charge in [0.1, 0.15) is 23.6 Å². The number of hydrogen-bond acceptors (Lipinski definition) is 7. The van der Waals surface area contributed by atoms with Crippen molar-refractivity contribution < 1.29 is 14.3 Å². The standard InChI is InChI=1S/C12H18N4O3S/c1-6-14-9-8(10(13)18)15-16(11(9)20-6)5-7(17)19-12(2,3)4/h9,11H,5H2,1-4H3,(H2,13,18). The first-order valence-electron chi connectivity index (χ1n) is 6.25. The molecule has 0 saturated heterocycles. The number of thioether (sulfide) groups is 1. The number of ether oxygens (including phenoxy) is 1. The van der Waals surface area contributed by atoms with Gasteiger partial charge in [0, 0.05) is 0 Å². The number of carbonyl (C=O) groups excluding carboxylic acids is 2. The summed E-state index contributed by atoms with van der Waals surface area (Å²) in [5.41, 5.74) is 4.95. The van der Waals surface area contributed by atoms with Crippen molar-refractivity contribution in [1.82, 2.24) is 5.01 Å². The third-order valence-corrected chi connectivity index (χ3v) is 3.85. The molecule has 2 rings (SSSR count). The topological polar surface area (TPSA) is 97.4 Å². The van der Waals surface area contributed by atoms with Gasteiger partial charge in [0.2, 0.25) is 0 Å². The number of esters is 1. The highest BCUT2D eigenvalue weighted by molar-refractivity contribution is 8.14. The minimum Gasteiger partial charge on any atom is -0.459 e. The molecule has 2 atom stereocenters. The van der Waals surface area contributed by atoms with Crippen molar-refractivity contribution in [3.05, 3.63) is 0 Å². The summed E-state index contributed by atoms with van der Waals surface area (Å²) >= 11 is 1.47. The summed E-state index contributed by atoms with van der Waals surface area (Å²) in [5.74, 6) is -0.999. The van der Waals surface area contributed by atoms with E-state index in [9.17, 15) is 9.59 Å². The summed E-state index contributed by atoms with van der Waals surface area (Å²) in [5, 5.41) is 6.31. The molecule has 0 fully saturated rings. The smallest absolute Gasteiger partial charge is 0.327 e. The SMILES string of the molecule is CC1=NC2C(C(N)=O)=NN(CC(=O)OC(C)(C)C)C2S1. The van der Waals surface area contributed by atoms with Crippen LogP contribution in [0.15, 0.2) is 10.1 Å². The number of aliphatic imine (C=N–C) groups is 1. The molecular formula is C12H18N4O3S. The maximum atomic E-state index is 11.9. The number of amides is 1. The molecule has 0 radical (unpaired) electrons. The molecule has 2 aliphatic heterocycles. The van der Waals surface area contributed by atoms with Crippen molar-refractivity contribution in [2.45, 2.75) is 44.7 Å². The third-order valence-electron chi connectivity index (χ3n) is 2.66. The van der Waals surface area contributed by atoms with Crippen LogP contribution in [0.5, 0.6) is 0 Å². The van der Waals surface area contributed by atoms with E-state index in [2.05, 4.69) is 10.1 Å². The Balaban J connectivity index is 2.10. The van der Waals surface area contributed by atoms with Crippen LogP contribution in [0.4, 0.5) is 0 Å². The fraction of sp³-hybridized carbons (Fsp3) is 0.667. The van der Waals surface area contributed by atoms with Gasteiger partial charge in [-0.2, -0.15) is 5.10 Å². The Morgan fingerprint density at radius 1 is 1.45 bits per heavy atom. The Morgan fingerprint density at radius 2 is 2.10 bits per heavy atom. The van der Waals surface area contributed by atoms with Gasteiger partial charge in [-0.1, -0.05) is 11.8 Å². The van der Waals surface area contributed by atoms with Gasteiger partial charge in [-0.3, -0.25) is 19.6 Å². The van der Waals surface area contributed by atoms with E-state index in [4.69, 9.17) is 10.5 Å². The van der Waals surface area contributed by atoms with Crippen molar-refractivity contribution in [1.29, 1.82) is 0 Å². The first-order chi connectivity index (χ1) is 9.17. The largest absolute Gasteiger partial charge is 0.459 e. The normalized spacial score (nSPS) is 25.1. The van der Waals surface area contributed by atoms with E-state index in [0.29, 0.717) is 0 Å². The molecule has 2 unspecified atom stereocenters. The minimum absolute atomic E-state index is 0.0228. The summed E-state index contributed by atoms with van der Waals surface area (Å²) in [7, 11) is 0. The number of primary amides is 1. The lowest BCUT2D eigenvalue weighted by Gasteiger charge is -2.24. The zero-order valence-corrected chi connectivity index (χ0v) is 12.7. The first kappa shape index (κ1) is 14.8. The molecule has 110 valence electrons. The fourth-order valence-corrected chi connectivity index (χ4v) is 3.12. The Labute approximate surface area is 121 Å². The zero-order chi connectivity index (χ0) is 15.1. The van der Waals surface area contributed by atoms with Gasteiger partial charge < -0.3 is 10.5 Å². The monoisotopic (exact) mass is 298 g/mol. The van der Waals surface area contributed by atoms with Crippen LogP contribution in [0.25, 0.3) is 0 Å². The van der Waals surface area contributed by atoms with Crippen LogP contribution in [-0.4, -0.2) is 51.2 Å². The van der Waals surface area contributed by atoms with Gasteiger partial charge in [0.25, 0.3) is 5.91 Å². The van der Waals surface area contributed by atoms with Gasteiger partial charge in [-0.25, -0.2) is 0 Å². The second-order valence-electron chi connectivity index (χ2n) is 5.63. The Bertz CT molecular complexity index is 509. The molecule has 0 spiro atoms. The molecule has 0 aromatic carbocycles. The van der Waals surface area contributed by atoms with Crippen molar-refractivity contribution in [2.75, 3.05) is 6.54 Å². The summed E-state index contributed by atoms with van der Waals surface area (Å²) < 4.78 is 5.26. The van der Waals surface area contributed by atoms with E-state index in [-0.39, 0.29) is 23.7 Å². The predicted molar refractivity (Wildman–Crippen MR) is 77.5 cm³/mol. The molecule has 0 aromatic rings. The maximum absolute atomic E-state index is 11.9. The van der Waals surface area contributed by atoms with Crippen molar-refractivity contribution in [3.8, 4) is 0 Å². The number of rotatable bonds is 3. The molecule has 0 bridgehead atoms. The highest BCUT2D eigenvalue weighted by Crippen LogP contribution is 2.35. The van der Waals surface area contributed by atoms with Crippen LogP contribution in [-0.2, 0) is 14.3 Å². The van der Waals surface area contributed by atoms with Crippen LogP contribution in [0.1, 0.15) is 27.7 Å². The van der Waals surface area contributed by atoms with Gasteiger partial charge in [-0.05, 0) is 27.7 Å². The average Bonchev–Trinajstić information content (AvgIpc) is 2.74. The minimum atomic E-state index is -0.606. The van der Waals surface area contributed by atoms with Crippen molar-refractivity contribution in [3.63, 3.8) is 0 Å². The Kier molecular flexibility index (Phi) is 3.77. The van der Waals surface area contributed by atoms with Crippen LogP contribution < -0.4 is 5.73 Å². The summed E-state index contributed by atoms with van der Waals surface area (Å²) in [6.45, 7) is 7.23. The molecular weight excluding hydrogens is 280 g/mol. The maximum Gasteiger partial charge on any atom is 0.327 e.